The van der Waals surface area contributed by atoms with E-state index in [9.17, 15) is 13.2 Å². The molecule has 0 atom stereocenters. The van der Waals surface area contributed by atoms with Crippen molar-refractivity contribution in [1.82, 2.24) is 4.72 Å². The maximum Gasteiger partial charge on any atom is 0.264 e. The highest BCUT2D eigenvalue weighted by Gasteiger charge is 2.31. The van der Waals surface area contributed by atoms with Crippen LogP contribution in [0.25, 0.3) is 0 Å². The van der Waals surface area contributed by atoms with Gasteiger partial charge in [-0.3, -0.25) is 4.79 Å². The molecule has 0 aliphatic heterocycles. The third kappa shape index (κ3) is 3.80. The van der Waals surface area contributed by atoms with Gasteiger partial charge in [0, 0.05) is 12.0 Å². The van der Waals surface area contributed by atoms with E-state index in [2.05, 4.69) is 4.72 Å². The number of nitrogens with two attached hydrogens (primary N) is 1. The number of carbonyl (C=O) groups excluding carboxylic acids is 1. The summed E-state index contributed by atoms with van der Waals surface area (Å²) in [7, 11) is -3.79. The van der Waals surface area contributed by atoms with Gasteiger partial charge in [-0.05, 0) is 25.0 Å². The summed E-state index contributed by atoms with van der Waals surface area (Å²) in [5.41, 5.74) is 5.60. The van der Waals surface area contributed by atoms with Crippen LogP contribution in [-0.4, -0.2) is 19.9 Å². The van der Waals surface area contributed by atoms with Gasteiger partial charge in [0.05, 0.1) is 4.90 Å². The second-order valence-electron chi connectivity index (χ2n) is 5.44. The van der Waals surface area contributed by atoms with E-state index in [0.717, 1.165) is 32.1 Å². The molecule has 1 aromatic carbocycles. The van der Waals surface area contributed by atoms with E-state index in [0.29, 0.717) is 0 Å². The van der Waals surface area contributed by atoms with Crippen LogP contribution < -0.4 is 10.5 Å². The SMILES string of the molecule is NC1(CC(=O)NS(=O)(=O)c2ccccc2)CCCCC1. The Balaban J connectivity index is 2.01. The Bertz CT molecular complexity index is 563. The minimum absolute atomic E-state index is 0.0546. The Morgan fingerprint density at radius 3 is 2.35 bits per heavy atom. The summed E-state index contributed by atoms with van der Waals surface area (Å²) >= 11 is 0. The first-order chi connectivity index (χ1) is 9.41. The van der Waals surface area contributed by atoms with Crippen molar-refractivity contribution in [3.63, 3.8) is 0 Å². The minimum Gasteiger partial charge on any atom is -0.325 e. The molecule has 2 rings (SSSR count). The number of benzene rings is 1. The lowest BCUT2D eigenvalue weighted by molar-refractivity contribution is -0.120. The van der Waals surface area contributed by atoms with Gasteiger partial charge in [-0.25, -0.2) is 13.1 Å². The van der Waals surface area contributed by atoms with Gasteiger partial charge in [-0.15, -0.1) is 0 Å². The van der Waals surface area contributed by atoms with E-state index in [4.69, 9.17) is 5.73 Å². The van der Waals surface area contributed by atoms with Gasteiger partial charge in [0.15, 0.2) is 0 Å². The summed E-state index contributed by atoms with van der Waals surface area (Å²) in [6.07, 6.45) is 4.71. The quantitative estimate of drug-likeness (QED) is 0.882. The summed E-state index contributed by atoms with van der Waals surface area (Å²) in [5, 5.41) is 0. The van der Waals surface area contributed by atoms with E-state index in [1.54, 1.807) is 18.2 Å². The molecule has 1 aliphatic carbocycles. The van der Waals surface area contributed by atoms with E-state index in [1.165, 1.54) is 12.1 Å². The van der Waals surface area contributed by atoms with Crippen LogP contribution in [-0.2, 0) is 14.8 Å². The van der Waals surface area contributed by atoms with Crippen LogP contribution in [0.15, 0.2) is 35.2 Å². The molecule has 0 heterocycles. The maximum absolute atomic E-state index is 12.0. The molecule has 0 unspecified atom stereocenters. The molecule has 1 amide bonds. The van der Waals surface area contributed by atoms with Crippen molar-refractivity contribution in [3.8, 4) is 0 Å². The fourth-order valence-electron chi connectivity index (χ4n) is 2.60. The van der Waals surface area contributed by atoms with Crippen LogP contribution >= 0.6 is 0 Å². The van der Waals surface area contributed by atoms with Crippen LogP contribution in [0.4, 0.5) is 0 Å². The molecule has 0 bridgehead atoms. The summed E-state index contributed by atoms with van der Waals surface area (Å²) in [6, 6.07) is 7.86. The smallest absolute Gasteiger partial charge is 0.264 e. The van der Waals surface area contributed by atoms with Gasteiger partial charge in [0.1, 0.15) is 0 Å². The van der Waals surface area contributed by atoms with Crippen molar-refractivity contribution in [3.05, 3.63) is 30.3 Å². The van der Waals surface area contributed by atoms with Crippen molar-refractivity contribution in [2.75, 3.05) is 0 Å². The van der Waals surface area contributed by atoms with Crippen LogP contribution in [0, 0.1) is 0 Å². The van der Waals surface area contributed by atoms with Gasteiger partial charge >= 0.3 is 0 Å². The number of amides is 1. The largest absolute Gasteiger partial charge is 0.325 e. The van der Waals surface area contributed by atoms with Gasteiger partial charge in [-0.2, -0.15) is 0 Å². The topological polar surface area (TPSA) is 89.3 Å². The molecule has 1 aromatic rings. The number of carbonyl (C=O) groups is 1. The monoisotopic (exact) mass is 296 g/mol. The normalized spacial score (nSPS) is 18.4. The van der Waals surface area contributed by atoms with Crippen LogP contribution in [0.3, 0.4) is 0 Å². The molecule has 0 spiro atoms. The molecule has 1 aliphatic rings. The molecule has 20 heavy (non-hydrogen) atoms. The third-order valence-corrected chi connectivity index (χ3v) is 5.05. The number of hydrogen-bond acceptors (Lipinski definition) is 4. The first-order valence-electron chi connectivity index (χ1n) is 6.81. The molecule has 0 aromatic heterocycles. The van der Waals surface area contributed by atoms with Crippen molar-refractivity contribution >= 4 is 15.9 Å². The zero-order chi connectivity index (χ0) is 14.6. The van der Waals surface area contributed by atoms with E-state index in [-0.39, 0.29) is 11.3 Å². The number of hydrogen-bond donors (Lipinski definition) is 2. The molecule has 0 radical (unpaired) electrons. The molecule has 5 nitrogen and oxygen atoms in total. The second kappa shape index (κ2) is 5.93. The average molecular weight is 296 g/mol. The molecular weight excluding hydrogens is 276 g/mol. The molecule has 3 N–H and O–H groups in total. The highest BCUT2D eigenvalue weighted by Crippen LogP contribution is 2.28. The minimum atomic E-state index is -3.79. The Morgan fingerprint density at radius 2 is 1.75 bits per heavy atom. The van der Waals surface area contributed by atoms with E-state index >= 15 is 0 Å². The Kier molecular flexibility index (Phi) is 4.45. The number of nitrogens with one attached hydrogen (secondary N) is 1. The standard InChI is InChI=1S/C14H20N2O3S/c15-14(9-5-2-6-10-14)11-13(17)16-20(18,19)12-7-3-1-4-8-12/h1,3-4,7-8H,2,5-6,9-11,15H2,(H,16,17). The molecule has 110 valence electrons. The van der Waals surface area contributed by atoms with Gasteiger partial charge < -0.3 is 5.73 Å². The molecular formula is C14H20N2O3S. The Labute approximate surface area is 119 Å². The van der Waals surface area contributed by atoms with Gasteiger partial charge in [0.25, 0.3) is 10.0 Å². The van der Waals surface area contributed by atoms with Gasteiger partial charge in [-0.1, -0.05) is 37.5 Å². The first kappa shape index (κ1) is 15.0. The van der Waals surface area contributed by atoms with Crippen molar-refractivity contribution in [1.29, 1.82) is 0 Å². The van der Waals surface area contributed by atoms with Crippen molar-refractivity contribution in [2.24, 2.45) is 5.73 Å². The van der Waals surface area contributed by atoms with Crippen LogP contribution in [0.2, 0.25) is 0 Å². The van der Waals surface area contributed by atoms with Gasteiger partial charge in [0.2, 0.25) is 5.91 Å². The summed E-state index contributed by atoms with van der Waals surface area (Å²) in [6.45, 7) is 0. The maximum atomic E-state index is 12.0. The summed E-state index contributed by atoms with van der Waals surface area (Å²) in [4.78, 5) is 12.0. The fourth-order valence-corrected chi connectivity index (χ4v) is 3.60. The van der Waals surface area contributed by atoms with E-state index in [1.807, 2.05) is 0 Å². The Hall–Kier alpha value is -1.40. The lowest BCUT2D eigenvalue weighted by Crippen LogP contribution is -2.46. The summed E-state index contributed by atoms with van der Waals surface area (Å²) < 4.78 is 26.1. The molecule has 1 saturated carbocycles. The summed E-state index contributed by atoms with van der Waals surface area (Å²) in [5.74, 6) is -0.529. The van der Waals surface area contributed by atoms with E-state index < -0.39 is 21.5 Å². The highest BCUT2D eigenvalue weighted by molar-refractivity contribution is 7.90. The number of sulfonamides is 1. The third-order valence-electron chi connectivity index (χ3n) is 3.66. The predicted octanol–water partition coefficient (Wildman–Crippen LogP) is 1.54. The lowest BCUT2D eigenvalue weighted by atomic mass is 9.80. The first-order valence-corrected chi connectivity index (χ1v) is 8.29. The average Bonchev–Trinajstić information content (AvgIpc) is 2.39. The molecule has 0 saturated heterocycles. The zero-order valence-corrected chi connectivity index (χ0v) is 12.2. The van der Waals surface area contributed by atoms with Crippen molar-refractivity contribution < 1.29 is 13.2 Å². The second-order valence-corrected chi connectivity index (χ2v) is 7.12. The highest BCUT2D eigenvalue weighted by atomic mass is 32.2. The van der Waals surface area contributed by atoms with Crippen molar-refractivity contribution in [2.45, 2.75) is 49.0 Å². The van der Waals surface area contributed by atoms with Crippen LogP contribution in [0.1, 0.15) is 38.5 Å². The molecule has 1 fully saturated rings. The molecule has 6 heteroatoms. The zero-order valence-electron chi connectivity index (χ0n) is 11.3. The Morgan fingerprint density at radius 1 is 1.15 bits per heavy atom. The lowest BCUT2D eigenvalue weighted by Gasteiger charge is -2.32. The predicted molar refractivity (Wildman–Crippen MR) is 76.4 cm³/mol. The van der Waals surface area contributed by atoms with Crippen LogP contribution in [0.5, 0.6) is 0 Å². The number of rotatable bonds is 4. The fraction of sp³-hybridized carbons (Fsp3) is 0.500.